The Kier molecular flexibility index (Phi) is 2.01. The molecule has 6 heteroatoms. The van der Waals surface area contributed by atoms with E-state index in [0.717, 1.165) is 24.6 Å². The normalized spacial score (nSPS) is 18.2. The van der Waals surface area contributed by atoms with E-state index in [4.69, 9.17) is 5.11 Å². The van der Waals surface area contributed by atoms with Gasteiger partial charge in [-0.2, -0.15) is 8.75 Å². The molecule has 13 heavy (non-hydrogen) atoms. The average molecular weight is 199 g/mol. The smallest absolute Gasteiger partial charge is 0.273 e. The number of nitrogens with one attached hydrogen (secondary N) is 1. The maximum atomic E-state index is 11.4. The highest BCUT2D eigenvalue weighted by Crippen LogP contribution is 2.34. The van der Waals surface area contributed by atoms with Crippen LogP contribution in [-0.4, -0.2) is 31.9 Å². The maximum Gasteiger partial charge on any atom is 0.273 e. The lowest BCUT2D eigenvalue weighted by molar-refractivity contribution is 0.0902. The fourth-order valence-electron chi connectivity index (χ4n) is 1.04. The lowest BCUT2D eigenvalue weighted by Crippen LogP contribution is -2.39. The molecule has 70 valence electrons. The Bertz CT molecular complexity index is 308. The summed E-state index contributed by atoms with van der Waals surface area (Å²) in [5, 5.41) is 11.7. The van der Waals surface area contributed by atoms with Gasteiger partial charge in [0.25, 0.3) is 5.91 Å². The Morgan fingerprint density at radius 2 is 2.54 bits per heavy atom. The number of nitrogens with zero attached hydrogens (tertiary/aromatic N) is 2. The molecule has 2 N–H and O–H groups in total. The van der Waals surface area contributed by atoms with Crippen LogP contribution in [0.4, 0.5) is 0 Å². The van der Waals surface area contributed by atoms with Crippen molar-refractivity contribution in [3.63, 3.8) is 0 Å². The van der Waals surface area contributed by atoms with E-state index in [-0.39, 0.29) is 18.1 Å². The lowest BCUT2D eigenvalue weighted by Gasteiger charge is -2.12. The number of hydrogen-bond acceptors (Lipinski definition) is 5. The third-order valence-electron chi connectivity index (χ3n) is 2.13. The number of hydrogen-bond donors (Lipinski definition) is 2. The molecule has 0 bridgehead atoms. The molecule has 0 spiro atoms. The zero-order valence-electron chi connectivity index (χ0n) is 6.86. The number of carbonyl (C=O) groups excluding carboxylic acids is 1. The van der Waals surface area contributed by atoms with Gasteiger partial charge < -0.3 is 10.4 Å². The molecule has 1 amide bonds. The zero-order valence-corrected chi connectivity index (χ0v) is 7.67. The van der Waals surface area contributed by atoms with Gasteiger partial charge in [0.2, 0.25) is 0 Å². The van der Waals surface area contributed by atoms with Gasteiger partial charge in [0, 0.05) is 0 Å². The van der Waals surface area contributed by atoms with Crippen LogP contribution in [0.3, 0.4) is 0 Å². The summed E-state index contributed by atoms with van der Waals surface area (Å²) in [6.07, 6.45) is 3.10. The zero-order chi connectivity index (χ0) is 9.31. The standard InChI is InChI=1S/C7H9N3O2S/c11-4-7(1-2-7)9-6(12)5-3-8-13-10-5/h3,11H,1-2,4H2,(H,9,12). The first-order chi connectivity index (χ1) is 6.26. The quantitative estimate of drug-likeness (QED) is 0.706. The molecule has 5 nitrogen and oxygen atoms in total. The van der Waals surface area contributed by atoms with Gasteiger partial charge >= 0.3 is 0 Å². The minimum atomic E-state index is -0.374. The van der Waals surface area contributed by atoms with Gasteiger partial charge in [0.05, 0.1) is 30.1 Å². The van der Waals surface area contributed by atoms with Crippen LogP contribution in [0.1, 0.15) is 23.3 Å². The molecule has 1 fully saturated rings. The van der Waals surface area contributed by atoms with Gasteiger partial charge in [0.15, 0.2) is 5.69 Å². The second kappa shape index (κ2) is 3.04. The fourth-order valence-corrected chi connectivity index (χ4v) is 1.46. The summed E-state index contributed by atoms with van der Waals surface area (Å²) in [6, 6.07) is 0. The van der Waals surface area contributed by atoms with Crippen molar-refractivity contribution in [2.45, 2.75) is 18.4 Å². The molecule has 0 unspecified atom stereocenters. The monoisotopic (exact) mass is 199 g/mol. The Morgan fingerprint density at radius 3 is 3.00 bits per heavy atom. The molecule has 1 saturated carbocycles. The summed E-state index contributed by atoms with van der Waals surface area (Å²) in [6.45, 7) is -0.00366. The minimum absolute atomic E-state index is 0.00366. The van der Waals surface area contributed by atoms with Crippen LogP contribution >= 0.6 is 11.7 Å². The Hall–Kier alpha value is -1.01. The van der Waals surface area contributed by atoms with E-state index in [2.05, 4.69) is 14.1 Å². The third kappa shape index (κ3) is 1.68. The molecule has 1 heterocycles. The summed E-state index contributed by atoms with van der Waals surface area (Å²) >= 11 is 0.999. The summed E-state index contributed by atoms with van der Waals surface area (Å²) in [5.41, 5.74) is -0.0505. The molecule has 0 saturated heterocycles. The van der Waals surface area contributed by atoms with Crippen LogP contribution in [0.15, 0.2) is 6.20 Å². The SMILES string of the molecule is O=C(NC1(CO)CC1)c1cnsn1. The predicted molar refractivity (Wildman–Crippen MR) is 46.4 cm³/mol. The highest BCUT2D eigenvalue weighted by Gasteiger charge is 2.43. The summed E-state index contributed by atoms with van der Waals surface area (Å²) < 4.78 is 7.53. The second-order valence-electron chi connectivity index (χ2n) is 3.19. The van der Waals surface area contributed by atoms with E-state index in [9.17, 15) is 4.79 Å². The van der Waals surface area contributed by atoms with Crippen molar-refractivity contribution in [3.8, 4) is 0 Å². The van der Waals surface area contributed by atoms with Crippen LogP contribution < -0.4 is 5.32 Å². The van der Waals surface area contributed by atoms with E-state index in [1.165, 1.54) is 6.20 Å². The van der Waals surface area contributed by atoms with Crippen molar-refractivity contribution in [2.24, 2.45) is 0 Å². The van der Waals surface area contributed by atoms with Crippen LogP contribution in [0.5, 0.6) is 0 Å². The fraction of sp³-hybridized carbons (Fsp3) is 0.571. The van der Waals surface area contributed by atoms with Crippen LogP contribution in [0, 0.1) is 0 Å². The van der Waals surface area contributed by atoms with E-state index >= 15 is 0 Å². The third-order valence-corrected chi connectivity index (χ3v) is 2.61. The van der Waals surface area contributed by atoms with Gasteiger partial charge in [-0.1, -0.05) is 0 Å². The van der Waals surface area contributed by atoms with E-state index in [0.29, 0.717) is 5.69 Å². The largest absolute Gasteiger partial charge is 0.394 e. The maximum absolute atomic E-state index is 11.4. The summed E-state index contributed by atoms with van der Waals surface area (Å²) in [5.74, 6) is -0.250. The van der Waals surface area contributed by atoms with E-state index in [1.807, 2.05) is 0 Å². The van der Waals surface area contributed by atoms with Crippen LogP contribution in [0.2, 0.25) is 0 Å². The van der Waals surface area contributed by atoms with E-state index in [1.54, 1.807) is 0 Å². The Balaban J connectivity index is 2.00. The summed E-state index contributed by atoms with van der Waals surface area (Å²) in [7, 11) is 0. The highest BCUT2D eigenvalue weighted by atomic mass is 32.1. The van der Waals surface area contributed by atoms with Crippen molar-refractivity contribution >= 4 is 17.6 Å². The number of amides is 1. The van der Waals surface area contributed by atoms with Crippen molar-refractivity contribution in [3.05, 3.63) is 11.9 Å². The van der Waals surface area contributed by atoms with Crippen LogP contribution in [-0.2, 0) is 0 Å². The molecule has 1 aliphatic carbocycles. The molecular formula is C7H9N3O2S. The molecular weight excluding hydrogens is 190 g/mol. The molecule has 0 radical (unpaired) electrons. The molecule has 2 rings (SSSR count). The Labute approximate surface area is 79.1 Å². The minimum Gasteiger partial charge on any atom is -0.394 e. The molecule has 1 aromatic rings. The van der Waals surface area contributed by atoms with Gasteiger partial charge in [-0.25, -0.2) is 0 Å². The van der Waals surface area contributed by atoms with Gasteiger partial charge in [-0.15, -0.1) is 0 Å². The second-order valence-corrected chi connectivity index (χ2v) is 3.74. The topological polar surface area (TPSA) is 75.1 Å². The highest BCUT2D eigenvalue weighted by molar-refractivity contribution is 6.99. The first kappa shape index (κ1) is 8.58. The van der Waals surface area contributed by atoms with Crippen molar-refractivity contribution in [1.29, 1.82) is 0 Å². The average Bonchev–Trinajstić information content (AvgIpc) is 2.69. The van der Waals surface area contributed by atoms with Crippen molar-refractivity contribution in [1.82, 2.24) is 14.1 Å². The Morgan fingerprint density at radius 1 is 1.77 bits per heavy atom. The van der Waals surface area contributed by atoms with Gasteiger partial charge in [0.1, 0.15) is 0 Å². The first-order valence-electron chi connectivity index (χ1n) is 3.97. The van der Waals surface area contributed by atoms with E-state index < -0.39 is 0 Å². The van der Waals surface area contributed by atoms with Crippen LogP contribution in [0.25, 0.3) is 0 Å². The number of carbonyl (C=O) groups is 1. The molecule has 0 atom stereocenters. The molecule has 0 aliphatic heterocycles. The number of rotatable bonds is 3. The molecule has 1 aliphatic rings. The van der Waals surface area contributed by atoms with Crippen molar-refractivity contribution < 1.29 is 9.90 Å². The molecule has 1 aromatic heterocycles. The predicted octanol–water partition coefficient (Wildman–Crippen LogP) is -0.207. The number of aliphatic hydroxyl groups is 1. The van der Waals surface area contributed by atoms with Crippen molar-refractivity contribution in [2.75, 3.05) is 6.61 Å². The molecule has 0 aromatic carbocycles. The number of aliphatic hydroxyl groups excluding tert-OH is 1. The number of aromatic nitrogens is 2. The first-order valence-corrected chi connectivity index (χ1v) is 4.70. The summed E-state index contributed by atoms with van der Waals surface area (Å²) in [4.78, 5) is 11.4. The van der Waals surface area contributed by atoms with Gasteiger partial charge in [-0.3, -0.25) is 4.79 Å². The van der Waals surface area contributed by atoms with Gasteiger partial charge in [-0.05, 0) is 12.8 Å². The lowest BCUT2D eigenvalue weighted by atomic mass is 10.3.